The van der Waals surface area contributed by atoms with Gasteiger partial charge in [-0.15, -0.1) is 0 Å². The van der Waals surface area contributed by atoms with Crippen LogP contribution in [0.25, 0.3) is 0 Å². The summed E-state index contributed by atoms with van der Waals surface area (Å²) in [6, 6.07) is 0. The number of carbonyl (C=O) groups is 2. The van der Waals surface area contributed by atoms with Gasteiger partial charge in [0.15, 0.2) is 6.10 Å². The van der Waals surface area contributed by atoms with Gasteiger partial charge in [-0.1, -0.05) is 212 Å². The van der Waals surface area contributed by atoms with Crippen molar-refractivity contribution in [2.75, 3.05) is 13.2 Å². The molecule has 1 aliphatic carbocycles. The molecular formula is C53H99O13P. The molecule has 0 aromatic heterocycles. The molecule has 6 unspecified atom stereocenters. The van der Waals surface area contributed by atoms with Crippen molar-refractivity contribution in [1.82, 2.24) is 0 Å². The fraction of sp³-hybridized carbons (Fsp3) is 0.887. The predicted octanol–water partition coefficient (Wildman–Crippen LogP) is 12.0. The average molecular weight is 975 g/mol. The van der Waals surface area contributed by atoms with Gasteiger partial charge in [0.1, 0.15) is 43.2 Å². The zero-order chi connectivity index (χ0) is 49.2. The lowest BCUT2D eigenvalue weighted by Gasteiger charge is -2.41. The molecule has 0 bridgehead atoms. The summed E-state index contributed by atoms with van der Waals surface area (Å²) < 4.78 is 33.6. The van der Waals surface area contributed by atoms with Crippen molar-refractivity contribution in [2.45, 2.75) is 288 Å². The lowest BCUT2D eigenvalue weighted by Crippen LogP contribution is -2.64. The summed E-state index contributed by atoms with van der Waals surface area (Å²) in [4.78, 5) is 35.8. The highest BCUT2D eigenvalue weighted by Gasteiger charge is 2.51. The SMILES string of the molecule is CCCCCCCC/C=C/C/C=C/CCCCC(=O)OC[C@H](COP(=O)(O)OC1C(O)C(O)C(O)[C@@H](O)C1O)OC(=O)CCCCCCCCCCCCCCCCCCCCCCCCC. The quantitative estimate of drug-likeness (QED) is 0.0145. The van der Waals surface area contributed by atoms with Gasteiger partial charge in [-0.25, -0.2) is 4.57 Å². The van der Waals surface area contributed by atoms with Crippen LogP contribution in [-0.4, -0.2) is 98.3 Å². The molecule has 0 heterocycles. The van der Waals surface area contributed by atoms with Crippen LogP contribution in [-0.2, 0) is 32.7 Å². The Morgan fingerprint density at radius 1 is 0.463 bits per heavy atom. The molecule has 1 aliphatic rings. The van der Waals surface area contributed by atoms with Gasteiger partial charge < -0.3 is 39.9 Å². The van der Waals surface area contributed by atoms with Gasteiger partial charge in [-0.05, 0) is 44.9 Å². The van der Waals surface area contributed by atoms with Crippen molar-refractivity contribution in [3.05, 3.63) is 24.3 Å². The van der Waals surface area contributed by atoms with Crippen LogP contribution in [0.3, 0.4) is 0 Å². The molecule has 0 aromatic rings. The van der Waals surface area contributed by atoms with Gasteiger partial charge in [0.05, 0.1) is 6.61 Å². The average Bonchev–Trinajstić information content (AvgIpc) is 3.31. The Balaban J connectivity index is 2.35. The number of unbranched alkanes of at least 4 members (excludes halogenated alkanes) is 30. The van der Waals surface area contributed by atoms with Crippen molar-refractivity contribution in [1.29, 1.82) is 0 Å². The van der Waals surface area contributed by atoms with Gasteiger partial charge in [0.25, 0.3) is 0 Å². The molecule has 0 spiro atoms. The first-order valence-corrected chi connectivity index (χ1v) is 28.6. The number of allylic oxidation sites excluding steroid dienone is 4. The van der Waals surface area contributed by atoms with Crippen LogP contribution in [0.1, 0.15) is 245 Å². The number of ether oxygens (including phenoxy) is 2. The van der Waals surface area contributed by atoms with Gasteiger partial charge in [0.2, 0.25) is 0 Å². The zero-order valence-corrected chi connectivity index (χ0v) is 43.1. The standard InChI is InChI=1S/C53H99O13P/c1-3-5-7-9-11-13-15-17-19-20-21-22-23-24-25-26-28-30-32-34-36-38-40-42-47(55)65-45(44-64-67(61,62)66-53-51(59)49(57)48(56)50(58)52(53)60)43-63-46(54)41-39-37-35-33-31-29-27-18-16-14-12-10-8-6-4-2/h18,27,31,33,45,48-53,56-60H,3-17,19-26,28-30,32,34-44H2,1-2H3,(H,61,62)/b27-18+,33-31+/t45-,48?,49-,50?,51?,52?,53?/m1/s1. The van der Waals surface area contributed by atoms with E-state index < -0.39 is 75.7 Å². The third-order valence-electron chi connectivity index (χ3n) is 12.8. The van der Waals surface area contributed by atoms with Crippen molar-refractivity contribution < 1.29 is 63.1 Å². The number of phosphoric ester groups is 1. The number of aliphatic hydroxyl groups excluding tert-OH is 5. The Labute approximate surface area is 406 Å². The summed E-state index contributed by atoms with van der Waals surface area (Å²) in [7, 11) is -5.13. The number of hydrogen-bond acceptors (Lipinski definition) is 12. The highest BCUT2D eigenvalue weighted by Crippen LogP contribution is 2.47. The molecule has 1 saturated carbocycles. The monoisotopic (exact) mass is 975 g/mol. The summed E-state index contributed by atoms with van der Waals surface area (Å²) >= 11 is 0. The van der Waals surface area contributed by atoms with E-state index in [4.69, 9.17) is 18.5 Å². The molecule has 394 valence electrons. The largest absolute Gasteiger partial charge is 0.472 e. The topological polar surface area (TPSA) is 210 Å². The van der Waals surface area contributed by atoms with E-state index >= 15 is 0 Å². The van der Waals surface area contributed by atoms with Crippen LogP contribution in [0, 0.1) is 0 Å². The van der Waals surface area contributed by atoms with Crippen LogP contribution in [0.15, 0.2) is 24.3 Å². The second kappa shape index (κ2) is 43.1. The molecule has 13 nitrogen and oxygen atoms in total. The van der Waals surface area contributed by atoms with E-state index in [1.807, 2.05) is 0 Å². The number of aliphatic hydroxyl groups is 5. The van der Waals surface area contributed by atoms with Crippen LogP contribution in [0.5, 0.6) is 0 Å². The second-order valence-electron chi connectivity index (χ2n) is 19.1. The van der Waals surface area contributed by atoms with Crippen molar-refractivity contribution in [3.63, 3.8) is 0 Å². The minimum atomic E-state index is -5.13. The highest BCUT2D eigenvalue weighted by molar-refractivity contribution is 7.47. The lowest BCUT2D eigenvalue weighted by atomic mass is 9.85. The maximum absolute atomic E-state index is 12.9. The molecule has 0 radical (unpaired) electrons. The van der Waals surface area contributed by atoms with E-state index in [9.17, 15) is 44.6 Å². The fourth-order valence-corrected chi connectivity index (χ4v) is 9.41. The maximum Gasteiger partial charge on any atom is 0.472 e. The van der Waals surface area contributed by atoms with Gasteiger partial charge in [0, 0.05) is 12.8 Å². The number of phosphoric acid groups is 1. The summed E-state index contributed by atoms with van der Waals surface area (Å²) in [6.07, 6.45) is 36.7. The molecule has 0 aliphatic heterocycles. The lowest BCUT2D eigenvalue weighted by molar-refractivity contribution is -0.220. The van der Waals surface area contributed by atoms with Crippen LogP contribution >= 0.6 is 7.82 Å². The predicted molar refractivity (Wildman–Crippen MR) is 267 cm³/mol. The fourth-order valence-electron chi connectivity index (χ4n) is 8.44. The number of rotatable bonds is 46. The number of esters is 2. The smallest absolute Gasteiger partial charge is 0.462 e. The van der Waals surface area contributed by atoms with Crippen molar-refractivity contribution in [2.24, 2.45) is 0 Å². The van der Waals surface area contributed by atoms with Gasteiger partial charge >= 0.3 is 19.8 Å². The Morgan fingerprint density at radius 3 is 1.24 bits per heavy atom. The molecule has 6 N–H and O–H groups in total. The first-order chi connectivity index (χ1) is 32.4. The number of hydrogen-bond donors (Lipinski definition) is 6. The first-order valence-electron chi connectivity index (χ1n) is 27.1. The minimum absolute atomic E-state index is 0.0952. The molecule has 0 aromatic carbocycles. The molecule has 1 rings (SSSR count). The molecule has 1 fully saturated rings. The van der Waals surface area contributed by atoms with E-state index in [1.165, 1.54) is 161 Å². The Morgan fingerprint density at radius 2 is 0.806 bits per heavy atom. The zero-order valence-electron chi connectivity index (χ0n) is 42.2. The van der Waals surface area contributed by atoms with E-state index in [0.29, 0.717) is 12.8 Å². The Hall–Kier alpha value is -1.67. The molecule has 14 heteroatoms. The van der Waals surface area contributed by atoms with Gasteiger partial charge in [-0.3, -0.25) is 18.6 Å². The van der Waals surface area contributed by atoms with Crippen LogP contribution in [0.2, 0.25) is 0 Å². The highest BCUT2D eigenvalue weighted by atomic mass is 31.2. The minimum Gasteiger partial charge on any atom is -0.462 e. The second-order valence-corrected chi connectivity index (χ2v) is 20.5. The molecule has 0 saturated heterocycles. The number of carbonyl (C=O) groups excluding carboxylic acids is 2. The van der Waals surface area contributed by atoms with E-state index in [0.717, 1.165) is 44.9 Å². The van der Waals surface area contributed by atoms with Crippen molar-refractivity contribution in [3.8, 4) is 0 Å². The summed E-state index contributed by atoms with van der Waals surface area (Å²) in [5, 5.41) is 50.3. The maximum atomic E-state index is 12.9. The third-order valence-corrected chi connectivity index (χ3v) is 13.8. The molecular weight excluding hydrogens is 876 g/mol. The summed E-state index contributed by atoms with van der Waals surface area (Å²) in [5.41, 5.74) is 0. The van der Waals surface area contributed by atoms with E-state index in [-0.39, 0.29) is 12.8 Å². The summed E-state index contributed by atoms with van der Waals surface area (Å²) in [5.74, 6) is -1.12. The third kappa shape index (κ3) is 35.1. The molecule has 8 atom stereocenters. The first kappa shape index (κ1) is 63.3. The van der Waals surface area contributed by atoms with E-state index in [2.05, 4.69) is 38.2 Å². The molecule has 0 amide bonds. The summed E-state index contributed by atoms with van der Waals surface area (Å²) in [6.45, 7) is 3.31. The Bertz CT molecular complexity index is 1270. The van der Waals surface area contributed by atoms with Crippen molar-refractivity contribution >= 4 is 19.8 Å². The Kier molecular flexibility index (Phi) is 40.8. The van der Waals surface area contributed by atoms with Crippen LogP contribution in [0.4, 0.5) is 0 Å². The normalized spacial score (nSPS) is 21.3. The molecule has 67 heavy (non-hydrogen) atoms. The van der Waals surface area contributed by atoms with E-state index in [1.54, 1.807) is 0 Å². The van der Waals surface area contributed by atoms with Crippen LogP contribution < -0.4 is 0 Å². The van der Waals surface area contributed by atoms with Gasteiger partial charge in [-0.2, -0.15) is 0 Å².